The summed E-state index contributed by atoms with van der Waals surface area (Å²) in [7, 11) is 0. The van der Waals surface area contributed by atoms with E-state index < -0.39 is 5.60 Å². The zero-order chi connectivity index (χ0) is 25.2. The van der Waals surface area contributed by atoms with Crippen LogP contribution in [-0.2, 0) is 10.3 Å². The monoisotopic (exact) mass is 548 g/mol. The third-order valence-corrected chi connectivity index (χ3v) is 7.76. The number of hydrogen-bond acceptors (Lipinski definition) is 5. The quantitative estimate of drug-likeness (QED) is 0.196. The molecule has 2 aromatic carbocycles. The Kier molecular flexibility index (Phi) is 8.19. The van der Waals surface area contributed by atoms with Crippen molar-refractivity contribution in [3.63, 3.8) is 0 Å². The lowest BCUT2D eigenvalue weighted by Gasteiger charge is -2.22. The molecule has 0 saturated carbocycles. The topological polar surface area (TPSA) is 52.8 Å². The molecule has 0 atom stereocenters. The highest BCUT2D eigenvalue weighted by molar-refractivity contribution is 7.14. The highest BCUT2D eigenvalue weighted by atomic mass is 35.5. The van der Waals surface area contributed by atoms with Crippen molar-refractivity contribution in [2.45, 2.75) is 52.6 Å². The fourth-order valence-corrected chi connectivity index (χ4v) is 5.33. The summed E-state index contributed by atoms with van der Waals surface area (Å²) in [5, 5.41) is 17.2. The van der Waals surface area contributed by atoms with Gasteiger partial charge in [0.25, 0.3) is 0 Å². The number of benzene rings is 2. The maximum Gasteiger partial charge on any atom is 0.168 e. The maximum absolute atomic E-state index is 6.58. The molecule has 0 aliphatic heterocycles. The van der Waals surface area contributed by atoms with E-state index in [9.17, 15) is 0 Å². The molecule has 2 heterocycles. The van der Waals surface area contributed by atoms with Crippen LogP contribution in [0.4, 0.5) is 0 Å². The number of unbranched alkanes of at least 4 members (excludes halogenated alkanes) is 2. The molecule has 0 fully saturated rings. The van der Waals surface area contributed by atoms with Crippen LogP contribution < -0.4 is 0 Å². The molecule has 0 bridgehead atoms. The Morgan fingerprint density at radius 2 is 1.69 bits per heavy atom. The van der Waals surface area contributed by atoms with Crippen molar-refractivity contribution in [3.8, 4) is 27.6 Å². The van der Waals surface area contributed by atoms with E-state index in [1.54, 1.807) is 12.1 Å². The summed E-state index contributed by atoms with van der Waals surface area (Å²) in [5.74, 6) is 0. The van der Waals surface area contributed by atoms with Crippen LogP contribution in [0.1, 0.15) is 50.6 Å². The number of aromatic nitrogens is 4. The van der Waals surface area contributed by atoms with E-state index in [-0.39, 0.29) is 0 Å². The Morgan fingerprint density at radius 3 is 2.37 bits per heavy atom. The molecule has 4 aromatic rings. The number of hydrogen-bond donors (Lipinski definition) is 0. The van der Waals surface area contributed by atoms with Crippen LogP contribution in [0.25, 0.3) is 27.6 Å². The predicted octanol–water partition coefficient (Wildman–Crippen LogP) is 8.77. The number of nitrogens with zero attached hydrogens (tertiary/aromatic N) is 4. The van der Waals surface area contributed by atoms with Crippen molar-refractivity contribution in [2.24, 2.45) is 0 Å². The van der Waals surface area contributed by atoms with Crippen LogP contribution >= 0.6 is 46.1 Å². The van der Waals surface area contributed by atoms with Gasteiger partial charge < -0.3 is 4.74 Å². The van der Waals surface area contributed by atoms with Gasteiger partial charge in [0.05, 0.1) is 16.4 Å². The second kappa shape index (κ2) is 11.0. The van der Waals surface area contributed by atoms with E-state index in [1.165, 1.54) is 11.3 Å². The lowest BCUT2D eigenvalue weighted by molar-refractivity contribution is -0.0238. The first-order valence-corrected chi connectivity index (χ1v) is 13.5. The Hall–Kier alpha value is -1.96. The van der Waals surface area contributed by atoms with E-state index in [0.717, 1.165) is 57.5 Å². The van der Waals surface area contributed by atoms with E-state index in [0.29, 0.717) is 21.7 Å². The first-order chi connectivity index (χ1) is 16.7. The summed E-state index contributed by atoms with van der Waals surface area (Å²) in [6, 6.07) is 13.0. The van der Waals surface area contributed by atoms with Crippen LogP contribution in [0.5, 0.6) is 0 Å². The Labute approximate surface area is 225 Å². The summed E-state index contributed by atoms with van der Waals surface area (Å²) >= 11 is 20.4. The average molecular weight is 550 g/mol. The van der Waals surface area contributed by atoms with Gasteiger partial charge >= 0.3 is 0 Å². The molecule has 9 heteroatoms. The van der Waals surface area contributed by atoms with Gasteiger partial charge in [-0.2, -0.15) is 5.10 Å². The molecule has 0 amide bonds. The molecule has 0 spiro atoms. The van der Waals surface area contributed by atoms with Crippen molar-refractivity contribution >= 4 is 46.1 Å². The highest BCUT2D eigenvalue weighted by Gasteiger charge is 2.28. The molecule has 0 N–H and O–H groups in total. The van der Waals surface area contributed by atoms with Gasteiger partial charge in [0.15, 0.2) is 5.01 Å². The van der Waals surface area contributed by atoms with E-state index >= 15 is 0 Å². The number of rotatable bonds is 9. The van der Waals surface area contributed by atoms with E-state index in [1.807, 2.05) is 55.8 Å². The summed E-state index contributed by atoms with van der Waals surface area (Å²) in [4.78, 5) is 0. The fourth-order valence-electron chi connectivity index (χ4n) is 3.78. The third-order valence-electron chi connectivity index (χ3n) is 5.73. The van der Waals surface area contributed by atoms with Gasteiger partial charge in [-0.3, -0.25) is 0 Å². The normalized spacial score (nSPS) is 11.9. The average Bonchev–Trinajstić information content (AvgIpc) is 3.43. The molecule has 0 unspecified atom stereocenters. The molecule has 5 nitrogen and oxygen atoms in total. The minimum absolute atomic E-state index is 0.501. The van der Waals surface area contributed by atoms with Crippen LogP contribution in [-0.4, -0.2) is 26.6 Å². The van der Waals surface area contributed by atoms with E-state index in [4.69, 9.17) is 44.6 Å². The first kappa shape index (κ1) is 26.1. The highest BCUT2D eigenvalue weighted by Crippen LogP contribution is 2.39. The van der Waals surface area contributed by atoms with Gasteiger partial charge in [-0.25, -0.2) is 4.68 Å². The molecule has 184 valence electrons. The van der Waals surface area contributed by atoms with Gasteiger partial charge in [0.1, 0.15) is 16.3 Å². The van der Waals surface area contributed by atoms with Gasteiger partial charge in [-0.1, -0.05) is 78.0 Å². The molecule has 4 rings (SSSR count). The Balaban J connectivity index is 1.78. The van der Waals surface area contributed by atoms with Gasteiger partial charge in [-0.15, -0.1) is 10.2 Å². The van der Waals surface area contributed by atoms with Crippen LogP contribution in [0, 0.1) is 6.92 Å². The molecular weight excluding hydrogens is 523 g/mol. The van der Waals surface area contributed by atoms with Crippen LogP contribution in [0.2, 0.25) is 15.1 Å². The van der Waals surface area contributed by atoms with Crippen molar-refractivity contribution in [2.75, 3.05) is 6.61 Å². The summed E-state index contributed by atoms with van der Waals surface area (Å²) < 4.78 is 7.98. The first-order valence-electron chi connectivity index (χ1n) is 11.5. The Morgan fingerprint density at radius 1 is 0.971 bits per heavy atom. The molecule has 0 radical (unpaired) electrons. The van der Waals surface area contributed by atoms with Crippen LogP contribution in [0.3, 0.4) is 0 Å². The van der Waals surface area contributed by atoms with Crippen LogP contribution in [0.15, 0.2) is 42.5 Å². The van der Waals surface area contributed by atoms with Crippen molar-refractivity contribution in [1.82, 2.24) is 20.0 Å². The van der Waals surface area contributed by atoms with Crippen molar-refractivity contribution in [1.29, 1.82) is 0 Å². The van der Waals surface area contributed by atoms with E-state index in [2.05, 4.69) is 17.1 Å². The molecule has 0 aliphatic carbocycles. The lowest BCUT2D eigenvalue weighted by atomic mass is 10.1. The molecule has 0 saturated heterocycles. The SMILES string of the molecule is CCCCCOC(C)(C)c1nnc(-c2nn(-c3ccc(Cl)cc3Cl)c(-c3ccc(Cl)cc3)c2C)s1. The second-order valence-corrected chi connectivity index (χ2v) is 11.1. The van der Waals surface area contributed by atoms with Crippen molar-refractivity contribution < 1.29 is 4.74 Å². The van der Waals surface area contributed by atoms with Gasteiger partial charge in [0, 0.05) is 27.8 Å². The van der Waals surface area contributed by atoms with Gasteiger partial charge in [0.2, 0.25) is 0 Å². The number of halogens is 3. The standard InChI is InChI=1S/C26H27Cl3N4OS/c1-5-6-7-14-34-26(3,4)25-31-30-24(35-25)22-16(2)23(17-8-10-18(27)11-9-17)33(32-22)21-13-12-19(28)15-20(21)29/h8-13,15H,5-7,14H2,1-4H3. The lowest BCUT2D eigenvalue weighted by Crippen LogP contribution is -2.22. The molecule has 2 aromatic heterocycles. The summed E-state index contributed by atoms with van der Waals surface area (Å²) in [5.41, 5.74) is 3.75. The summed E-state index contributed by atoms with van der Waals surface area (Å²) in [6.07, 6.45) is 3.33. The molecule has 35 heavy (non-hydrogen) atoms. The third kappa shape index (κ3) is 5.73. The van der Waals surface area contributed by atoms with Gasteiger partial charge in [-0.05, 0) is 57.5 Å². The summed E-state index contributed by atoms with van der Waals surface area (Å²) in [6.45, 7) is 8.96. The van der Waals surface area contributed by atoms with Crippen molar-refractivity contribution in [3.05, 3.63) is 68.1 Å². The predicted molar refractivity (Wildman–Crippen MR) is 146 cm³/mol. The number of ether oxygens (including phenoxy) is 1. The second-order valence-electron chi connectivity index (χ2n) is 8.81. The minimum atomic E-state index is -0.529. The zero-order valence-corrected chi connectivity index (χ0v) is 23.2. The Bertz CT molecular complexity index is 1310. The zero-order valence-electron chi connectivity index (χ0n) is 20.1. The minimum Gasteiger partial charge on any atom is -0.368 e. The largest absolute Gasteiger partial charge is 0.368 e. The molecular formula is C26H27Cl3N4OS. The molecule has 0 aliphatic rings. The maximum atomic E-state index is 6.58. The smallest absolute Gasteiger partial charge is 0.168 e. The fraction of sp³-hybridized carbons (Fsp3) is 0.346.